The Labute approximate surface area is 138 Å². The van der Waals surface area contributed by atoms with Crippen molar-refractivity contribution < 1.29 is 14.4 Å². The summed E-state index contributed by atoms with van der Waals surface area (Å²) in [5.41, 5.74) is 2.35. The molecule has 120 valence electrons. The van der Waals surface area contributed by atoms with E-state index >= 15 is 0 Å². The van der Waals surface area contributed by atoms with Crippen LogP contribution in [0.1, 0.15) is 32.8 Å². The number of hydrogen-bond acceptors (Lipinski definition) is 4. The van der Waals surface area contributed by atoms with Crippen LogP contribution in [0.5, 0.6) is 0 Å². The van der Waals surface area contributed by atoms with E-state index in [1.165, 1.54) is 6.20 Å². The normalized spacial score (nSPS) is 16.2. The Balaban J connectivity index is 1.58. The second kappa shape index (κ2) is 5.56. The number of benzene rings is 1. The lowest BCUT2D eigenvalue weighted by molar-refractivity contribution is -0.119. The number of fused-ring (bicyclic) bond motifs is 2. The number of carbonyl (C=O) groups is 3. The first kappa shape index (κ1) is 14.6. The van der Waals surface area contributed by atoms with Crippen LogP contribution in [0.3, 0.4) is 0 Å². The molecule has 0 saturated heterocycles. The number of rotatable bonds is 2. The van der Waals surface area contributed by atoms with E-state index < -0.39 is 11.8 Å². The topological polar surface area (TPSA) is 70.6 Å². The van der Waals surface area contributed by atoms with Crippen LogP contribution in [-0.2, 0) is 11.2 Å². The summed E-state index contributed by atoms with van der Waals surface area (Å²) in [6, 6.07) is 10.9. The molecular formula is C18H15N3O3. The molecule has 0 aliphatic carbocycles. The summed E-state index contributed by atoms with van der Waals surface area (Å²) in [7, 11) is 0. The molecule has 2 aliphatic rings. The van der Waals surface area contributed by atoms with Crippen molar-refractivity contribution in [1.82, 2.24) is 9.88 Å². The fourth-order valence-electron chi connectivity index (χ4n) is 3.27. The minimum absolute atomic E-state index is 0.120. The van der Waals surface area contributed by atoms with Crippen LogP contribution in [0.4, 0.5) is 5.69 Å². The largest absolute Gasteiger partial charge is 0.311 e. The van der Waals surface area contributed by atoms with Gasteiger partial charge < -0.3 is 4.90 Å². The van der Waals surface area contributed by atoms with E-state index in [4.69, 9.17) is 0 Å². The molecule has 0 radical (unpaired) electrons. The Kier molecular flexibility index (Phi) is 3.37. The molecule has 2 aromatic rings. The zero-order valence-corrected chi connectivity index (χ0v) is 12.9. The Bertz CT molecular complexity index is 827. The Morgan fingerprint density at radius 2 is 1.92 bits per heavy atom. The van der Waals surface area contributed by atoms with Crippen molar-refractivity contribution in [3.63, 3.8) is 0 Å². The van der Waals surface area contributed by atoms with E-state index in [0.29, 0.717) is 6.54 Å². The number of carbonyl (C=O) groups excluding carboxylic acids is 3. The lowest BCUT2D eigenvalue weighted by Gasteiger charge is -2.30. The van der Waals surface area contributed by atoms with Crippen molar-refractivity contribution in [3.8, 4) is 0 Å². The number of aryl methyl sites for hydroxylation is 1. The number of aromatic nitrogens is 1. The van der Waals surface area contributed by atoms with Gasteiger partial charge in [-0.2, -0.15) is 0 Å². The van der Waals surface area contributed by atoms with Crippen LogP contribution in [0.25, 0.3) is 0 Å². The van der Waals surface area contributed by atoms with E-state index in [1.807, 2.05) is 24.3 Å². The van der Waals surface area contributed by atoms with Crippen molar-refractivity contribution in [2.75, 3.05) is 18.0 Å². The molecule has 6 heteroatoms. The number of nitrogens with zero attached hydrogens (tertiary/aromatic N) is 3. The summed E-state index contributed by atoms with van der Waals surface area (Å²) < 4.78 is 0. The van der Waals surface area contributed by atoms with Gasteiger partial charge in [-0.25, -0.2) is 0 Å². The Hall–Kier alpha value is -3.02. The molecule has 3 amide bonds. The number of imide groups is 1. The predicted molar refractivity (Wildman–Crippen MR) is 86.7 cm³/mol. The third-order valence-electron chi connectivity index (χ3n) is 4.44. The summed E-state index contributed by atoms with van der Waals surface area (Å²) in [5.74, 6) is -1.22. The van der Waals surface area contributed by atoms with E-state index in [0.717, 1.165) is 29.0 Å². The molecule has 0 unspecified atom stereocenters. The van der Waals surface area contributed by atoms with Crippen LogP contribution >= 0.6 is 0 Å². The zero-order chi connectivity index (χ0) is 16.7. The minimum Gasteiger partial charge on any atom is -0.311 e. The van der Waals surface area contributed by atoms with Gasteiger partial charge in [0.05, 0.1) is 5.56 Å². The van der Waals surface area contributed by atoms with Gasteiger partial charge in [0.15, 0.2) is 0 Å². The maximum absolute atomic E-state index is 12.7. The number of para-hydroxylation sites is 1. The van der Waals surface area contributed by atoms with Crippen molar-refractivity contribution in [2.45, 2.75) is 12.8 Å². The number of anilines is 1. The van der Waals surface area contributed by atoms with Crippen molar-refractivity contribution in [3.05, 3.63) is 59.4 Å². The van der Waals surface area contributed by atoms with Gasteiger partial charge in [0.1, 0.15) is 12.2 Å². The molecule has 3 heterocycles. The molecule has 1 aromatic carbocycles. The lowest BCUT2D eigenvalue weighted by Crippen LogP contribution is -2.44. The number of pyridine rings is 1. The molecule has 0 saturated carbocycles. The van der Waals surface area contributed by atoms with Gasteiger partial charge in [0.2, 0.25) is 5.91 Å². The second-order valence-corrected chi connectivity index (χ2v) is 5.87. The summed E-state index contributed by atoms with van der Waals surface area (Å²) in [4.78, 5) is 44.0. The molecule has 6 nitrogen and oxygen atoms in total. The van der Waals surface area contributed by atoms with Gasteiger partial charge in [-0.05, 0) is 36.6 Å². The van der Waals surface area contributed by atoms with Gasteiger partial charge in [-0.3, -0.25) is 24.3 Å². The summed E-state index contributed by atoms with van der Waals surface area (Å²) >= 11 is 0. The van der Waals surface area contributed by atoms with Gasteiger partial charge in [-0.15, -0.1) is 0 Å². The average molecular weight is 321 g/mol. The maximum Gasteiger partial charge on any atom is 0.280 e. The lowest BCUT2D eigenvalue weighted by atomic mass is 10.0. The summed E-state index contributed by atoms with van der Waals surface area (Å²) in [5, 5.41) is 0. The highest BCUT2D eigenvalue weighted by Gasteiger charge is 2.38. The second-order valence-electron chi connectivity index (χ2n) is 5.87. The van der Waals surface area contributed by atoms with Crippen LogP contribution in [-0.4, -0.2) is 40.7 Å². The SMILES string of the molecule is O=C1c2cccnc2C(=O)N1CC(=O)N1CCCc2ccccc21. The van der Waals surface area contributed by atoms with Gasteiger partial charge in [-0.1, -0.05) is 18.2 Å². The molecular weight excluding hydrogens is 306 g/mol. The third kappa shape index (κ3) is 2.19. The minimum atomic E-state index is -0.505. The molecule has 0 fully saturated rings. The van der Waals surface area contributed by atoms with Crippen LogP contribution < -0.4 is 4.90 Å². The smallest absolute Gasteiger partial charge is 0.280 e. The van der Waals surface area contributed by atoms with Gasteiger partial charge >= 0.3 is 0 Å². The van der Waals surface area contributed by atoms with Gasteiger partial charge in [0.25, 0.3) is 11.8 Å². The van der Waals surface area contributed by atoms with Crippen molar-refractivity contribution in [2.24, 2.45) is 0 Å². The van der Waals surface area contributed by atoms with E-state index in [9.17, 15) is 14.4 Å². The fraction of sp³-hybridized carbons (Fsp3) is 0.222. The van der Waals surface area contributed by atoms with E-state index in [1.54, 1.807) is 17.0 Å². The number of hydrogen-bond donors (Lipinski definition) is 0. The highest BCUT2D eigenvalue weighted by atomic mass is 16.2. The first-order chi connectivity index (χ1) is 11.7. The van der Waals surface area contributed by atoms with Crippen molar-refractivity contribution in [1.29, 1.82) is 0 Å². The third-order valence-corrected chi connectivity index (χ3v) is 4.44. The van der Waals surface area contributed by atoms with Crippen LogP contribution in [0.2, 0.25) is 0 Å². The molecule has 1 aromatic heterocycles. The highest BCUT2D eigenvalue weighted by Crippen LogP contribution is 2.27. The standard InChI is InChI=1S/C18H15N3O3/c22-15(20-10-4-6-12-5-1-2-8-14(12)20)11-21-17(23)13-7-3-9-19-16(13)18(21)24/h1-3,5,7-9H,4,6,10-11H2. The molecule has 0 N–H and O–H groups in total. The summed E-state index contributed by atoms with van der Waals surface area (Å²) in [6.07, 6.45) is 3.26. The van der Waals surface area contributed by atoms with E-state index in [2.05, 4.69) is 4.98 Å². The highest BCUT2D eigenvalue weighted by molar-refractivity contribution is 6.21. The summed E-state index contributed by atoms with van der Waals surface area (Å²) in [6.45, 7) is 0.333. The number of amides is 3. The Morgan fingerprint density at radius 1 is 1.08 bits per heavy atom. The molecule has 0 bridgehead atoms. The Morgan fingerprint density at radius 3 is 2.75 bits per heavy atom. The average Bonchev–Trinajstić information content (AvgIpc) is 2.86. The molecule has 0 atom stereocenters. The maximum atomic E-state index is 12.7. The predicted octanol–water partition coefficient (Wildman–Crippen LogP) is 1.66. The fourth-order valence-corrected chi connectivity index (χ4v) is 3.27. The van der Waals surface area contributed by atoms with Crippen molar-refractivity contribution >= 4 is 23.4 Å². The first-order valence-corrected chi connectivity index (χ1v) is 7.86. The molecule has 24 heavy (non-hydrogen) atoms. The van der Waals surface area contributed by atoms with Crippen LogP contribution in [0.15, 0.2) is 42.6 Å². The van der Waals surface area contributed by atoms with Gasteiger partial charge in [0, 0.05) is 18.4 Å². The zero-order valence-electron chi connectivity index (χ0n) is 12.9. The monoisotopic (exact) mass is 321 g/mol. The molecule has 2 aliphatic heterocycles. The van der Waals surface area contributed by atoms with Crippen LogP contribution in [0, 0.1) is 0 Å². The molecule has 0 spiro atoms. The first-order valence-electron chi connectivity index (χ1n) is 7.86. The quantitative estimate of drug-likeness (QED) is 0.789. The molecule has 4 rings (SSSR count). The van der Waals surface area contributed by atoms with E-state index in [-0.39, 0.29) is 23.7 Å².